The summed E-state index contributed by atoms with van der Waals surface area (Å²) in [6.07, 6.45) is 15.2. The van der Waals surface area contributed by atoms with Crippen LogP contribution in [0.3, 0.4) is 0 Å². The smallest absolute Gasteiger partial charge is 0.110 e. The summed E-state index contributed by atoms with van der Waals surface area (Å²) < 4.78 is 0. The molecule has 2 nitrogen and oxygen atoms in total. The Bertz CT molecular complexity index is 436. The highest BCUT2D eigenvalue weighted by atomic mass is 32.1. The lowest BCUT2D eigenvalue weighted by atomic mass is 9.85. The van der Waals surface area contributed by atoms with E-state index in [1.807, 2.05) is 11.3 Å². The first-order valence-electron chi connectivity index (χ1n) is 8.63. The summed E-state index contributed by atoms with van der Waals surface area (Å²) in [6.45, 7) is 0. The van der Waals surface area contributed by atoms with E-state index in [0.29, 0.717) is 6.04 Å². The highest BCUT2D eigenvalue weighted by molar-refractivity contribution is 7.11. The molecule has 0 bridgehead atoms. The summed E-state index contributed by atoms with van der Waals surface area (Å²) in [6, 6.07) is 1.35. The zero-order valence-corrected chi connectivity index (χ0v) is 13.2. The van der Waals surface area contributed by atoms with Gasteiger partial charge in [0.25, 0.3) is 0 Å². The minimum absolute atomic E-state index is 0.557. The zero-order valence-electron chi connectivity index (χ0n) is 12.4. The van der Waals surface area contributed by atoms with E-state index in [1.54, 1.807) is 4.88 Å². The monoisotopic (exact) mass is 290 g/mol. The molecule has 0 amide bonds. The first-order chi connectivity index (χ1) is 9.88. The first kappa shape index (κ1) is 13.3. The van der Waals surface area contributed by atoms with Crippen LogP contribution in [-0.2, 0) is 12.8 Å². The molecule has 3 aliphatic rings. The molecule has 20 heavy (non-hydrogen) atoms. The maximum atomic E-state index is 4.99. The van der Waals surface area contributed by atoms with Crippen LogP contribution in [0, 0.1) is 5.92 Å². The van der Waals surface area contributed by atoms with Crippen LogP contribution in [0.4, 0.5) is 0 Å². The van der Waals surface area contributed by atoms with Crippen molar-refractivity contribution in [3.05, 3.63) is 15.6 Å². The van der Waals surface area contributed by atoms with Crippen LogP contribution < -0.4 is 5.32 Å². The van der Waals surface area contributed by atoms with Crippen molar-refractivity contribution < 1.29 is 0 Å². The number of rotatable bonds is 5. The molecular weight excluding hydrogens is 264 g/mol. The number of nitrogens with one attached hydrogen (secondary N) is 1. The summed E-state index contributed by atoms with van der Waals surface area (Å²) >= 11 is 2.01. The lowest BCUT2D eigenvalue weighted by Crippen LogP contribution is -2.26. The summed E-state index contributed by atoms with van der Waals surface area (Å²) in [5, 5.41) is 5.30. The van der Waals surface area contributed by atoms with E-state index >= 15 is 0 Å². The van der Waals surface area contributed by atoms with Gasteiger partial charge in [-0.3, -0.25) is 0 Å². The number of aryl methyl sites for hydroxylation is 2. The summed E-state index contributed by atoms with van der Waals surface area (Å²) in [4.78, 5) is 6.58. The average molecular weight is 290 g/mol. The van der Waals surface area contributed by atoms with Crippen molar-refractivity contribution in [1.29, 1.82) is 0 Å². The molecule has 1 heterocycles. The molecule has 1 atom stereocenters. The summed E-state index contributed by atoms with van der Waals surface area (Å²) in [7, 11) is 0. The standard InChI is InChI=1S/C17H26N2S/c1-2-5-12(6-3-1)11-15(18-13-9-10-13)17-19-14-7-4-8-16(14)20-17/h12-13,15,18H,1-11H2. The van der Waals surface area contributed by atoms with E-state index in [1.165, 1.54) is 81.3 Å². The number of hydrogen-bond acceptors (Lipinski definition) is 3. The van der Waals surface area contributed by atoms with Gasteiger partial charge in [0.1, 0.15) is 5.01 Å². The Morgan fingerprint density at radius 3 is 2.65 bits per heavy atom. The second kappa shape index (κ2) is 5.76. The Morgan fingerprint density at radius 2 is 1.90 bits per heavy atom. The van der Waals surface area contributed by atoms with Gasteiger partial charge in [0.2, 0.25) is 0 Å². The maximum Gasteiger partial charge on any atom is 0.110 e. The molecule has 110 valence electrons. The van der Waals surface area contributed by atoms with Crippen LogP contribution in [-0.4, -0.2) is 11.0 Å². The predicted octanol–water partition coefficient (Wildman–Crippen LogP) is 4.40. The van der Waals surface area contributed by atoms with E-state index in [2.05, 4.69) is 5.32 Å². The second-order valence-corrected chi connectivity index (χ2v) is 8.12. The molecule has 0 spiro atoms. The zero-order chi connectivity index (χ0) is 13.4. The van der Waals surface area contributed by atoms with E-state index in [9.17, 15) is 0 Å². The lowest BCUT2D eigenvalue weighted by molar-refractivity contribution is 0.298. The SMILES string of the molecule is C1CCC(CC(NC2CC2)c2nc3c(s2)CCC3)CC1. The first-order valence-corrected chi connectivity index (χ1v) is 9.44. The van der Waals surface area contributed by atoms with E-state index in [4.69, 9.17) is 4.98 Å². The fourth-order valence-corrected chi connectivity index (χ4v) is 5.12. The predicted molar refractivity (Wildman–Crippen MR) is 84.2 cm³/mol. The normalized spacial score (nSPS) is 24.8. The number of thiazole rings is 1. The third-order valence-electron chi connectivity index (χ3n) is 5.22. The lowest BCUT2D eigenvalue weighted by Gasteiger charge is -2.26. The van der Waals surface area contributed by atoms with Crippen LogP contribution in [0.5, 0.6) is 0 Å². The van der Waals surface area contributed by atoms with Crippen LogP contribution in [0.25, 0.3) is 0 Å². The van der Waals surface area contributed by atoms with Crippen molar-refractivity contribution in [2.24, 2.45) is 5.92 Å². The number of nitrogens with zero attached hydrogens (tertiary/aromatic N) is 1. The Morgan fingerprint density at radius 1 is 1.05 bits per heavy atom. The Kier molecular flexibility index (Phi) is 3.82. The van der Waals surface area contributed by atoms with Crippen molar-refractivity contribution >= 4 is 11.3 Å². The molecule has 1 aromatic heterocycles. The molecule has 4 rings (SSSR count). The van der Waals surface area contributed by atoms with Gasteiger partial charge in [0.15, 0.2) is 0 Å². The van der Waals surface area contributed by atoms with Crippen LogP contribution in [0.2, 0.25) is 0 Å². The van der Waals surface area contributed by atoms with Gasteiger partial charge >= 0.3 is 0 Å². The van der Waals surface area contributed by atoms with Crippen LogP contribution in [0.15, 0.2) is 0 Å². The largest absolute Gasteiger partial charge is 0.305 e. The van der Waals surface area contributed by atoms with Crippen molar-refractivity contribution in [3.63, 3.8) is 0 Å². The molecule has 0 radical (unpaired) electrons. The molecule has 3 aliphatic carbocycles. The quantitative estimate of drug-likeness (QED) is 0.869. The van der Waals surface area contributed by atoms with E-state index in [-0.39, 0.29) is 0 Å². The minimum Gasteiger partial charge on any atom is -0.305 e. The van der Waals surface area contributed by atoms with Crippen LogP contribution in [0.1, 0.15) is 79.4 Å². The molecule has 1 N–H and O–H groups in total. The molecule has 2 fully saturated rings. The van der Waals surface area contributed by atoms with Gasteiger partial charge in [-0.15, -0.1) is 11.3 Å². The van der Waals surface area contributed by atoms with Crippen molar-refractivity contribution in [1.82, 2.24) is 10.3 Å². The Labute approximate surface area is 126 Å². The van der Waals surface area contributed by atoms with Crippen molar-refractivity contribution in [2.45, 2.75) is 82.7 Å². The van der Waals surface area contributed by atoms with Gasteiger partial charge in [0.05, 0.1) is 11.7 Å². The second-order valence-electron chi connectivity index (χ2n) is 7.01. The minimum atomic E-state index is 0.557. The fourth-order valence-electron chi connectivity index (χ4n) is 3.89. The third-order valence-corrected chi connectivity index (χ3v) is 6.49. The van der Waals surface area contributed by atoms with Crippen molar-refractivity contribution in [3.8, 4) is 0 Å². The molecule has 0 saturated heterocycles. The highest BCUT2D eigenvalue weighted by Crippen LogP contribution is 2.37. The number of aromatic nitrogens is 1. The molecular formula is C17H26N2S. The Hall–Kier alpha value is -0.410. The molecule has 1 aromatic rings. The highest BCUT2D eigenvalue weighted by Gasteiger charge is 2.30. The van der Waals surface area contributed by atoms with Gasteiger partial charge < -0.3 is 5.32 Å². The molecule has 2 saturated carbocycles. The molecule has 0 aliphatic heterocycles. The Balaban J connectivity index is 1.47. The van der Waals surface area contributed by atoms with E-state index in [0.717, 1.165) is 12.0 Å². The van der Waals surface area contributed by atoms with Gasteiger partial charge in [-0.25, -0.2) is 4.98 Å². The van der Waals surface area contributed by atoms with Crippen LogP contribution >= 0.6 is 11.3 Å². The number of hydrogen-bond donors (Lipinski definition) is 1. The fraction of sp³-hybridized carbons (Fsp3) is 0.824. The van der Waals surface area contributed by atoms with Crippen molar-refractivity contribution in [2.75, 3.05) is 0 Å². The average Bonchev–Trinajstić information content (AvgIpc) is 3.02. The van der Waals surface area contributed by atoms with Gasteiger partial charge in [-0.05, 0) is 44.4 Å². The summed E-state index contributed by atoms with van der Waals surface area (Å²) in [5.41, 5.74) is 1.43. The third kappa shape index (κ3) is 2.94. The maximum absolute atomic E-state index is 4.99. The van der Waals surface area contributed by atoms with Gasteiger partial charge in [-0.2, -0.15) is 0 Å². The van der Waals surface area contributed by atoms with Gasteiger partial charge in [-0.1, -0.05) is 32.1 Å². The van der Waals surface area contributed by atoms with E-state index < -0.39 is 0 Å². The number of fused-ring (bicyclic) bond motifs is 1. The molecule has 1 unspecified atom stereocenters. The topological polar surface area (TPSA) is 24.9 Å². The molecule has 3 heteroatoms. The summed E-state index contributed by atoms with van der Waals surface area (Å²) in [5.74, 6) is 0.943. The van der Waals surface area contributed by atoms with Gasteiger partial charge in [0, 0.05) is 10.9 Å². The molecule has 0 aromatic carbocycles.